The van der Waals surface area contributed by atoms with Crippen molar-refractivity contribution in [3.05, 3.63) is 41.7 Å². The predicted molar refractivity (Wildman–Crippen MR) is 70.9 cm³/mol. The number of urea groups is 1. The van der Waals surface area contributed by atoms with E-state index >= 15 is 0 Å². The molecule has 1 aliphatic heterocycles. The molecule has 2 aromatic heterocycles. The van der Waals surface area contributed by atoms with Gasteiger partial charge >= 0.3 is 6.03 Å². The Morgan fingerprint density at radius 2 is 2.50 bits per heavy atom. The first-order valence-electron chi connectivity index (χ1n) is 6.74. The summed E-state index contributed by atoms with van der Waals surface area (Å²) in [6.07, 6.45) is 3.47. The molecule has 106 valence electrons. The molecule has 0 bridgehead atoms. The van der Waals surface area contributed by atoms with Gasteiger partial charge in [-0.2, -0.15) is 0 Å². The summed E-state index contributed by atoms with van der Waals surface area (Å²) in [5.74, 6) is 1.50. The van der Waals surface area contributed by atoms with Crippen molar-refractivity contribution in [1.29, 1.82) is 0 Å². The van der Waals surface area contributed by atoms with E-state index in [2.05, 4.69) is 10.5 Å². The zero-order valence-corrected chi connectivity index (χ0v) is 11.3. The van der Waals surface area contributed by atoms with Gasteiger partial charge in [-0.1, -0.05) is 5.16 Å². The fourth-order valence-corrected chi connectivity index (χ4v) is 2.52. The summed E-state index contributed by atoms with van der Waals surface area (Å²) in [6.45, 7) is 3.00. The van der Waals surface area contributed by atoms with Crippen LogP contribution in [0.4, 0.5) is 4.79 Å². The molecule has 1 atom stereocenters. The number of furan rings is 1. The van der Waals surface area contributed by atoms with Crippen molar-refractivity contribution in [2.75, 3.05) is 6.54 Å². The van der Waals surface area contributed by atoms with E-state index in [1.165, 1.54) is 0 Å². The Bertz CT molecular complexity index is 576. The fraction of sp³-hybridized carbons (Fsp3) is 0.429. The number of likely N-dealkylation sites (tertiary alicyclic amines) is 1. The highest BCUT2D eigenvalue weighted by Crippen LogP contribution is 2.32. The van der Waals surface area contributed by atoms with Gasteiger partial charge in [0.05, 0.1) is 24.5 Å². The van der Waals surface area contributed by atoms with E-state index in [4.69, 9.17) is 8.94 Å². The maximum absolute atomic E-state index is 12.2. The molecule has 0 aromatic carbocycles. The molecule has 20 heavy (non-hydrogen) atoms. The fourth-order valence-electron chi connectivity index (χ4n) is 2.52. The van der Waals surface area contributed by atoms with Crippen LogP contribution >= 0.6 is 0 Å². The van der Waals surface area contributed by atoms with Crippen LogP contribution in [0.15, 0.2) is 33.4 Å². The number of rotatable bonds is 3. The molecule has 3 rings (SSSR count). The van der Waals surface area contributed by atoms with Gasteiger partial charge in [0.15, 0.2) is 5.76 Å². The summed E-state index contributed by atoms with van der Waals surface area (Å²) < 4.78 is 10.5. The van der Waals surface area contributed by atoms with Crippen LogP contribution in [0.5, 0.6) is 0 Å². The van der Waals surface area contributed by atoms with Crippen LogP contribution in [0.25, 0.3) is 0 Å². The number of hydrogen-bond donors (Lipinski definition) is 1. The Morgan fingerprint density at radius 3 is 3.20 bits per heavy atom. The molecular formula is C14H17N3O3. The maximum atomic E-state index is 12.2. The van der Waals surface area contributed by atoms with Gasteiger partial charge in [-0.05, 0) is 31.9 Å². The highest BCUT2D eigenvalue weighted by atomic mass is 16.5. The van der Waals surface area contributed by atoms with E-state index in [9.17, 15) is 4.79 Å². The molecule has 1 fully saturated rings. The van der Waals surface area contributed by atoms with Crippen LogP contribution in [-0.4, -0.2) is 22.6 Å². The largest absolute Gasteiger partial charge is 0.467 e. The monoisotopic (exact) mass is 275 g/mol. The van der Waals surface area contributed by atoms with Crippen molar-refractivity contribution in [1.82, 2.24) is 15.4 Å². The number of nitrogens with zero attached hydrogens (tertiary/aromatic N) is 2. The molecule has 0 aliphatic carbocycles. The van der Waals surface area contributed by atoms with Crippen LogP contribution < -0.4 is 5.32 Å². The second-order valence-electron chi connectivity index (χ2n) is 4.96. The second-order valence-corrected chi connectivity index (χ2v) is 4.96. The first-order chi connectivity index (χ1) is 9.74. The van der Waals surface area contributed by atoms with E-state index < -0.39 is 0 Å². The van der Waals surface area contributed by atoms with Gasteiger partial charge in [0.2, 0.25) is 0 Å². The Morgan fingerprint density at radius 1 is 1.60 bits per heavy atom. The SMILES string of the molecule is Cc1cc([C@H]2CCCN2C(=O)NCc2ccco2)on1. The zero-order valence-electron chi connectivity index (χ0n) is 11.3. The van der Waals surface area contributed by atoms with E-state index in [-0.39, 0.29) is 12.1 Å². The van der Waals surface area contributed by atoms with Gasteiger partial charge < -0.3 is 19.2 Å². The lowest BCUT2D eigenvalue weighted by atomic mass is 10.1. The van der Waals surface area contributed by atoms with E-state index in [1.54, 1.807) is 17.2 Å². The summed E-state index contributed by atoms with van der Waals surface area (Å²) in [5.41, 5.74) is 0.836. The van der Waals surface area contributed by atoms with Crippen LogP contribution in [0.3, 0.4) is 0 Å². The summed E-state index contributed by atoms with van der Waals surface area (Å²) in [6, 6.07) is 5.41. The Kier molecular flexibility index (Phi) is 3.45. The number of nitrogens with one attached hydrogen (secondary N) is 1. The van der Waals surface area contributed by atoms with Gasteiger partial charge in [-0.15, -0.1) is 0 Å². The molecule has 2 aromatic rings. The van der Waals surface area contributed by atoms with Crippen molar-refractivity contribution in [2.24, 2.45) is 0 Å². The van der Waals surface area contributed by atoms with Crippen LogP contribution in [-0.2, 0) is 6.54 Å². The van der Waals surface area contributed by atoms with Gasteiger partial charge in [-0.3, -0.25) is 0 Å². The van der Waals surface area contributed by atoms with Crippen LogP contribution in [0.2, 0.25) is 0 Å². The van der Waals surface area contributed by atoms with Gasteiger partial charge in [-0.25, -0.2) is 4.79 Å². The Balaban J connectivity index is 1.64. The third-order valence-corrected chi connectivity index (χ3v) is 3.48. The van der Waals surface area contributed by atoms with E-state index in [0.717, 1.165) is 36.6 Å². The van der Waals surface area contributed by atoms with Gasteiger partial charge in [0, 0.05) is 12.6 Å². The molecular weight excluding hydrogens is 258 g/mol. The summed E-state index contributed by atoms with van der Waals surface area (Å²) in [7, 11) is 0. The topological polar surface area (TPSA) is 71.5 Å². The molecule has 6 nitrogen and oxygen atoms in total. The quantitative estimate of drug-likeness (QED) is 0.934. The second kappa shape index (κ2) is 5.40. The van der Waals surface area contributed by atoms with E-state index in [1.807, 2.05) is 19.1 Å². The van der Waals surface area contributed by atoms with Gasteiger partial charge in [0.1, 0.15) is 5.76 Å². The number of amides is 2. The van der Waals surface area contributed by atoms with Crippen LogP contribution in [0.1, 0.15) is 36.1 Å². The van der Waals surface area contributed by atoms with E-state index in [0.29, 0.717) is 6.54 Å². The Hall–Kier alpha value is -2.24. The first-order valence-corrected chi connectivity index (χ1v) is 6.74. The third kappa shape index (κ3) is 2.54. The molecule has 2 amide bonds. The molecule has 1 aliphatic rings. The average Bonchev–Trinajstić information content (AvgIpc) is 3.16. The minimum Gasteiger partial charge on any atom is -0.467 e. The minimum atomic E-state index is -0.0991. The highest BCUT2D eigenvalue weighted by molar-refractivity contribution is 5.74. The van der Waals surface area contributed by atoms with Crippen molar-refractivity contribution in [3.63, 3.8) is 0 Å². The molecule has 0 radical (unpaired) electrons. The van der Waals surface area contributed by atoms with Crippen molar-refractivity contribution in [3.8, 4) is 0 Å². The average molecular weight is 275 g/mol. The van der Waals surface area contributed by atoms with Crippen molar-refractivity contribution < 1.29 is 13.7 Å². The normalized spacial score (nSPS) is 18.4. The number of carbonyl (C=O) groups is 1. The molecule has 0 spiro atoms. The lowest BCUT2D eigenvalue weighted by Gasteiger charge is -2.22. The summed E-state index contributed by atoms with van der Waals surface area (Å²) in [5, 5.41) is 6.76. The lowest BCUT2D eigenvalue weighted by molar-refractivity contribution is 0.181. The predicted octanol–water partition coefficient (Wildman–Crippen LogP) is 2.62. The summed E-state index contributed by atoms with van der Waals surface area (Å²) >= 11 is 0. The molecule has 6 heteroatoms. The maximum Gasteiger partial charge on any atom is 0.318 e. The summed E-state index contributed by atoms with van der Waals surface area (Å²) in [4.78, 5) is 14.0. The molecule has 1 N–H and O–H groups in total. The van der Waals surface area contributed by atoms with Crippen molar-refractivity contribution in [2.45, 2.75) is 32.4 Å². The minimum absolute atomic E-state index is 0.0206. The Labute approximate surface area is 116 Å². The lowest BCUT2D eigenvalue weighted by Crippen LogP contribution is -2.39. The molecule has 0 saturated carbocycles. The molecule has 3 heterocycles. The van der Waals surface area contributed by atoms with Gasteiger partial charge in [0.25, 0.3) is 0 Å². The van der Waals surface area contributed by atoms with Crippen LogP contribution in [0, 0.1) is 6.92 Å². The third-order valence-electron chi connectivity index (χ3n) is 3.48. The smallest absolute Gasteiger partial charge is 0.318 e. The number of carbonyl (C=O) groups excluding carboxylic acids is 1. The zero-order chi connectivity index (χ0) is 13.9. The molecule has 0 unspecified atom stereocenters. The standard InChI is InChI=1S/C14H17N3O3/c1-10-8-13(20-16-10)12-5-2-6-17(12)14(18)15-9-11-4-3-7-19-11/h3-4,7-8,12H,2,5-6,9H2,1H3,(H,15,18)/t12-/m1/s1. The first kappa shape index (κ1) is 12.8. The number of aryl methyl sites for hydroxylation is 1. The number of aromatic nitrogens is 1. The number of hydrogen-bond acceptors (Lipinski definition) is 4. The van der Waals surface area contributed by atoms with Crippen molar-refractivity contribution >= 4 is 6.03 Å². The highest BCUT2D eigenvalue weighted by Gasteiger charge is 2.32. The molecule has 1 saturated heterocycles.